The number of ether oxygens (including phenoxy) is 1. The molecule has 0 bridgehead atoms. The molecule has 0 aromatic carbocycles. The largest absolute Gasteiger partial charge is 0.378 e. The smallest absolute Gasteiger partial charge is 0.215 e. The van der Waals surface area contributed by atoms with Crippen molar-refractivity contribution in [2.75, 3.05) is 45.6 Å². The van der Waals surface area contributed by atoms with E-state index >= 15 is 0 Å². The standard InChI is InChI=1S/C18H38N4O3S/c1-5-22(6-2)26(23,24)15-14-21-18(19-4)20-13-12-17(25-7-3)16-10-8-9-11-16/h16-17H,5-15H2,1-4H3,(H2,19,20,21). The Bertz CT molecular complexity index is 501. The lowest BCUT2D eigenvalue weighted by molar-refractivity contribution is 0.0169. The van der Waals surface area contributed by atoms with Gasteiger partial charge in [-0.3, -0.25) is 4.99 Å². The van der Waals surface area contributed by atoms with E-state index in [2.05, 4.69) is 15.6 Å². The molecule has 2 N–H and O–H groups in total. The van der Waals surface area contributed by atoms with Crippen LogP contribution in [0.3, 0.4) is 0 Å². The van der Waals surface area contributed by atoms with Gasteiger partial charge in [0.2, 0.25) is 10.0 Å². The molecule has 0 saturated heterocycles. The van der Waals surface area contributed by atoms with E-state index in [0.717, 1.165) is 19.6 Å². The Balaban J connectivity index is 2.36. The first-order valence-corrected chi connectivity index (χ1v) is 11.6. The molecule has 7 nitrogen and oxygen atoms in total. The van der Waals surface area contributed by atoms with Crippen LogP contribution in [0, 0.1) is 5.92 Å². The lowest BCUT2D eigenvalue weighted by Crippen LogP contribution is -2.43. The molecule has 1 aliphatic carbocycles. The van der Waals surface area contributed by atoms with Gasteiger partial charge >= 0.3 is 0 Å². The second kappa shape index (κ2) is 12.5. The van der Waals surface area contributed by atoms with Crippen molar-refractivity contribution in [3.63, 3.8) is 0 Å². The molecule has 0 heterocycles. The number of nitrogens with one attached hydrogen (secondary N) is 2. The molecule has 8 heteroatoms. The minimum atomic E-state index is -3.21. The minimum absolute atomic E-state index is 0.0685. The third kappa shape index (κ3) is 7.80. The average Bonchev–Trinajstić information content (AvgIpc) is 3.14. The Morgan fingerprint density at radius 1 is 1.15 bits per heavy atom. The number of nitrogens with zero attached hydrogens (tertiary/aromatic N) is 2. The van der Waals surface area contributed by atoms with E-state index in [9.17, 15) is 8.42 Å². The summed E-state index contributed by atoms with van der Waals surface area (Å²) in [5.41, 5.74) is 0. The summed E-state index contributed by atoms with van der Waals surface area (Å²) in [6.45, 7) is 8.63. The van der Waals surface area contributed by atoms with E-state index in [1.54, 1.807) is 7.05 Å². The topological polar surface area (TPSA) is 83.0 Å². The molecular weight excluding hydrogens is 352 g/mol. The van der Waals surface area contributed by atoms with Crippen molar-refractivity contribution in [3.8, 4) is 0 Å². The number of guanidine groups is 1. The van der Waals surface area contributed by atoms with Gasteiger partial charge in [0.05, 0.1) is 11.9 Å². The van der Waals surface area contributed by atoms with Crippen LogP contribution in [-0.4, -0.2) is 70.4 Å². The summed E-state index contributed by atoms with van der Waals surface area (Å²) in [7, 11) is -1.51. The molecule has 1 atom stereocenters. The summed E-state index contributed by atoms with van der Waals surface area (Å²) in [5.74, 6) is 1.38. The lowest BCUT2D eigenvalue weighted by Gasteiger charge is -2.24. The Morgan fingerprint density at radius 3 is 2.31 bits per heavy atom. The zero-order valence-electron chi connectivity index (χ0n) is 17.0. The van der Waals surface area contributed by atoms with E-state index in [1.807, 2.05) is 20.8 Å². The van der Waals surface area contributed by atoms with Gasteiger partial charge in [0.25, 0.3) is 0 Å². The van der Waals surface area contributed by atoms with E-state index in [-0.39, 0.29) is 5.75 Å². The highest BCUT2D eigenvalue weighted by molar-refractivity contribution is 7.89. The van der Waals surface area contributed by atoms with Crippen LogP contribution in [0.2, 0.25) is 0 Å². The summed E-state index contributed by atoms with van der Waals surface area (Å²) in [4.78, 5) is 4.18. The number of aliphatic imine (C=N–C) groups is 1. The quantitative estimate of drug-likeness (QED) is 0.392. The van der Waals surface area contributed by atoms with Crippen molar-refractivity contribution in [2.45, 2.75) is 59.0 Å². The number of rotatable bonds is 12. The maximum absolute atomic E-state index is 12.2. The van der Waals surface area contributed by atoms with E-state index in [4.69, 9.17) is 4.74 Å². The summed E-state index contributed by atoms with van der Waals surface area (Å²) in [6.07, 6.45) is 6.40. The molecule has 1 saturated carbocycles. The number of hydrogen-bond donors (Lipinski definition) is 2. The van der Waals surface area contributed by atoms with Crippen LogP contribution in [0.4, 0.5) is 0 Å². The molecule has 0 aromatic heterocycles. The van der Waals surface area contributed by atoms with Gasteiger partial charge in [-0.1, -0.05) is 26.7 Å². The molecule has 0 spiro atoms. The molecule has 0 aromatic rings. The first kappa shape index (κ1) is 23.2. The molecule has 0 radical (unpaired) electrons. The summed E-state index contributed by atoms with van der Waals surface area (Å²) in [5, 5.41) is 6.37. The van der Waals surface area contributed by atoms with Crippen LogP contribution in [0.5, 0.6) is 0 Å². The van der Waals surface area contributed by atoms with Crippen molar-refractivity contribution < 1.29 is 13.2 Å². The van der Waals surface area contributed by atoms with Crippen molar-refractivity contribution in [1.29, 1.82) is 0 Å². The maximum Gasteiger partial charge on any atom is 0.215 e. The fraction of sp³-hybridized carbons (Fsp3) is 0.944. The molecule has 1 aliphatic rings. The Kier molecular flexibility index (Phi) is 11.2. The van der Waals surface area contributed by atoms with Crippen LogP contribution < -0.4 is 10.6 Å². The summed E-state index contributed by atoms with van der Waals surface area (Å²) in [6, 6.07) is 0. The van der Waals surface area contributed by atoms with Crippen LogP contribution >= 0.6 is 0 Å². The minimum Gasteiger partial charge on any atom is -0.378 e. The average molecular weight is 391 g/mol. The van der Waals surface area contributed by atoms with Crippen molar-refractivity contribution in [3.05, 3.63) is 0 Å². The molecular formula is C18H38N4O3S. The summed E-state index contributed by atoms with van der Waals surface area (Å²) >= 11 is 0. The first-order valence-electron chi connectivity index (χ1n) is 10.0. The van der Waals surface area contributed by atoms with Crippen LogP contribution in [0.1, 0.15) is 52.9 Å². The zero-order valence-corrected chi connectivity index (χ0v) is 17.8. The Morgan fingerprint density at radius 2 is 1.77 bits per heavy atom. The highest BCUT2D eigenvalue weighted by Crippen LogP contribution is 2.30. The monoisotopic (exact) mass is 390 g/mol. The molecule has 1 unspecified atom stereocenters. The van der Waals surface area contributed by atoms with Gasteiger partial charge in [-0.15, -0.1) is 0 Å². The van der Waals surface area contributed by atoms with Gasteiger partial charge in [-0.05, 0) is 32.1 Å². The van der Waals surface area contributed by atoms with Gasteiger partial charge in [-0.2, -0.15) is 0 Å². The normalized spacial score (nSPS) is 17.7. The Labute approximate surface area is 160 Å². The molecule has 26 heavy (non-hydrogen) atoms. The van der Waals surface area contributed by atoms with Crippen LogP contribution in [0.15, 0.2) is 4.99 Å². The third-order valence-electron chi connectivity index (χ3n) is 5.00. The molecule has 1 fully saturated rings. The fourth-order valence-electron chi connectivity index (χ4n) is 3.60. The zero-order chi connectivity index (χ0) is 19.4. The number of sulfonamides is 1. The van der Waals surface area contributed by atoms with Crippen LogP contribution in [0.25, 0.3) is 0 Å². The van der Waals surface area contributed by atoms with Gasteiger partial charge < -0.3 is 15.4 Å². The predicted molar refractivity (Wildman–Crippen MR) is 108 cm³/mol. The highest BCUT2D eigenvalue weighted by Gasteiger charge is 2.25. The predicted octanol–water partition coefficient (Wildman–Crippen LogP) is 1.81. The van der Waals surface area contributed by atoms with E-state index in [1.165, 1.54) is 30.0 Å². The SMILES string of the molecule is CCOC(CCNC(=NC)NCCS(=O)(=O)N(CC)CC)C1CCCC1. The second-order valence-corrected chi connectivity index (χ2v) is 8.74. The molecule has 154 valence electrons. The number of hydrogen-bond acceptors (Lipinski definition) is 4. The van der Waals surface area contributed by atoms with Crippen molar-refractivity contribution in [1.82, 2.24) is 14.9 Å². The third-order valence-corrected chi connectivity index (χ3v) is 7.03. The molecule has 1 rings (SSSR count). The molecule has 0 amide bonds. The van der Waals surface area contributed by atoms with Gasteiger partial charge in [0.15, 0.2) is 5.96 Å². The fourth-order valence-corrected chi connectivity index (χ4v) is 5.00. The van der Waals surface area contributed by atoms with Gasteiger partial charge in [0, 0.05) is 39.8 Å². The molecule has 0 aliphatic heterocycles. The van der Waals surface area contributed by atoms with E-state index in [0.29, 0.717) is 37.6 Å². The van der Waals surface area contributed by atoms with Crippen LogP contribution in [-0.2, 0) is 14.8 Å². The highest BCUT2D eigenvalue weighted by atomic mass is 32.2. The Hall–Kier alpha value is -0.860. The van der Waals surface area contributed by atoms with Crippen molar-refractivity contribution >= 4 is 16.0 Å². The van der Waals surface area contributed by atoms with Crippen molar-refractivity contribution in [2.24, 2.45) is 10.9 Å². The van der Waals surface area contributed by atoms with Gasteiger partial charge in [0.1, 0.15) is 0 Å². The summed E-state index contributed by atoms with van der Waals surface area (Å²) < 4.78 is 31.8. The van der Waals surface area contributed by atoms with E-state index < -0.39 is 10.0 Å². The lowest BCUT2D eigenvalue weighted by atomic mass is 9.98. The second-order valence-electron chi connectivity index (χ2n) is 6.65. The maximum atomic E-state index is 12.2. The van der Waals surface area contributed by atoms with Gasteiger partial charge in [-0.25, -0.2) is 12.7 Å². The first-order chi connectivity index (χ1) is 12.5.